The molecule has 5 heteroatoms. The van der Waals surface area contributed by atoms with Crippen molar-refractivity contribution in [2.24, 2.45) is 12.8 Å². The molecule has 0 aliphatic heterocycles. The van der Waals surface area contributed by atoms with E-state index in [1.54, 1.807) is 7.05 Å². The van der Waals surface area contributed by atoms with Gasteiger partial charge in [0.25, 0.3) is 0 Å². The fourth-order valence-electron chi connectivity index (χ4n) is 4.84. The Morgan fingerprint density at radius 3 is 2.07 bits per heavy atom. The van der Waals surface area contributed by atoms with Crippen LogP contribution in [0.5, 0.6) is 0 Å². The van der Waals surface area contributed by atoms with Crippen molar-refractivity contribution in [3.05, 3.63) is 86.2 Å². The highest BCUT2D eigenvalue weighted by atomic mass is 16.5. The molecule has 146 valence electrons. The van der Waals surface area contributed by atoms with Gasteiger partial charge < -0.3 is 10.3 Å². The molecule has 28 heavy (non-hydrogen) atoms. The predicted octanol–water partition coefficient (Wildman–Crippen LogP) is 3.16. The first-order valence-electron chi connectivity index (χ1n) is 9.81. The van der Waals surface area contributed by atoms with Crippen LogP contribution in [0.2, 0.25) is 0 Å². The Morgan fingerprint density at radius 2 is 1.64 bits per heavy atom. The van der Waals surface area contributed by atoms with Crippen molar-refractivity contribution in [3.8, 4) is 0 Å². The van der Waals surface area contributed by atoms with E-state index < -0.39 is 11.2 Å². The van der Waals surface area contributed by atoms with Crippen LogP contribution in [0.3, 0.4) is 0 Å². The number of hydrogen-bond donors (Lipinski definition) is 1. The van der Waals surface area contributed by atoms with Gasteiger partial charge in [-0.15, -0.1) is 0 Å². The van der Waals surface area contributed by atoms with E-state index in [0.717, 1.165) is 12.8 Å². The minimum Gasteiger partial charge on any atom is -0.328 e. The van der Waals surface area contributed by atoms with Crippen LogP contribution in [-0.2, 0) is 25.3 Å². The Morgan fingerprint density at radius 1 is 1.11 bits per heavy atom. The molecule has 0 saturated heterocycles. The van der Waals surface area contributed by atoms with Crippen LogP contribution in [-0.4, -0.2) is 15.8 Å². The SMILES string of the molecule is Cc1ccc2c(c1)CCc1cc(C)ccc1C2(C[C@H](C)N)c1nc(=O)on1C. The van der Waals surface area contributed by atoms with Gasteiger partial charge in [-0.2, -0.15) is 9.72 Å². The molecule has 1 aliphatic carbocycles. The van der Waals surface area contributed by atoms with E-state index >= 15 is 0 Å². The molecule has 0 amide bonds. The highest BCUT2D eigenvalue weighted by Gasteiger charge is 2.45. The molecule has 5 nitrogen and oxygen atoms in total. The lowest BCUT2D eigenvalue weighted by molar-refractivity contribution is 0.264. The molecule has 1 atom stereocenters. The fourth-order valence-corrected chi connectivity index (χ4v) is 4.84. The lowest BCUT2D eigenvalue weighted by atomic mass is 9.68. The number of benzene rings is 2. The number of nitrogens with zero attached hydrogens (tertiary/aromatic N) is 2. The van der Waals surface area contributed by atoms with Gasteiger partial charge in [0.2, 0.25) is 0 Å². The average molecular weight is 377 g/mol. The summed E-state index contributed by atoms with van der Waals surface area (Å²) in [5.41, 5.74) is 13.1. The maximum absolute atomic E-state index is 12.1. The molecule has 1 aromatic heterocycles. The summed E-state index contributed by atoms with van der Waals surface area (Å²) in [5, 5.41) is 0. The number of hydrogen-bond acceptors (Lipinski definition) is 4. The zero-order valence-electron chi connectivity index (χ0n) is 17.0. The first-order chi connectivity index (χ1) is 13.3. The third-order valence-corrected chi connectivity index (χ3v) is 5.83. The molecule has 4 rings (SSSR count). The van der Waals surface area contributed by atoms with Crippen molar-refractivity contribution in [3.63, 3.8) is 0 Å². The molecule has 2 N–H and O–H groups in total. The average Bonchev–Trinajstić information content (AvgIpc) is 2.90. The van der Waals surface area contributed by atoms with E-state index in [-0.39, 0.29) is 6.04 Å². The molecule has 0 bridgehead atoms. The Balaban J connectivity index is 2.16. The summed E-state index contributed by atoms with van der Waals surface area (Å²) in [5.74, 6) is 0.0417. The highest BCUT2D eigenvalue weighted by molar-refractivity contribution is 5.56. The zero-order chi connectivity index (χ0) is 20.1. The summed E-state index contributed by atoms with van der Waals surface area (Å²) in [6.45, 7) is 6.23. The number of aromatic nitrogens is 2. The Labute approximate surface area is 165 Å². The minimum absolute atomic E-state index is 0.0896. The smallest absolute Gasteiger partial charge is 0.328 e. The quantitative estimate of drug-likeness (QED) is 0.761. The summed E-state index contributed by atoms with van der Waals surface area (Å²) >= 11 is 0. The normalized spacial score (nSPS) is 16.2. The second-order valence-electron chi connectivity index (χ2n) is 8.20. The third kappa shape index (κ3) is 2.90. The van der Waals surface area contributed by atoms with Gasteiger partial charge in [0.1, 0.15) is 0 Å². The summed E-state index contributed by atoms with van der Waals surface area (Å²) in [6.07, 6.45) is 2.53. The van der Waals surface area contributed by atoms with E-state index in [1.807, 2.05) is 6.92 Å². The topological polar surface area (TPSA) is 74.1 Å². The molecular weight excluding hydrogens is 350 g/mol. The second-order valence-corrected chi connectivity index (χ2v) is 8.20. The molecule has 0 unspecified atom stereocenters. The van der Waals surface area contributed by atoms with Gasteiger partial charge in [-0.1, -0.05) is 47.5 Å². The van der Waals surface area contributed by atoms with Gasteiger partial charge in [-0.05, 0) is 62.3 Å². The van der Waals surface area contributed by atoms with Crippen LogP contribution in [0.25, 0.3) is 0 Å². The molecule has 0 radical (unpaired) electrons. The Kier molecular flexibility index (Phi) is 4.50. The van der Waals surface area contributed by atoms with Crippen LogP contribution < -0.4 is 11.5 Å². The molecule has 3 aromatic rings. The number of nitrogens with two attached hydrogens (primary N) is 1. The van der Waals surface area contributed by atoms with E-state index in [1.165, 1.54) is 38.1 Å². The maximum Gasteiger partial charge on any atom is 0.459 e. The van der Waals surface area contributed by atoms with Crippen molar-refractivity contribution in [1.29, 1.82) is 0 Å². The Bertz CT molecular complexity index is 1040. The summed E-state index contributed by atoms with van der Waals surface area (Å²) in [7, 11) is 1.75. The monoisotopic (exact) mass is 377 g/mol. The second kappa shape index (κ2) is 6.74. The summed E-state index contributed by atoms with van der Waals surface area (Å²) in [6, 6.07) is 13.0. The molecule has 2 aromatic carbocycles. The van der Waals surface area contributed by atoms with Gasteiger partial charge in [0.15, 0.2) is 5.82 Å². The van der Waals surface area contributed by atoms with Crippen molar-refractivity contribution in [2.45, 2.75) is 51.5 Å². The van der Waals surface area contributed by atoms with Gasteiger partial charge >= 0.3 is 5.76 Å². The molecule has 0 fully saturated rings. The van der Waals surface area contributed by atoms with E-state index in [0.29, 0.717) is 12.2 Å². The number of aryl methyl sites for hydroxylation is 5. The van der Waals surface area contributed by atoms with Crippen LogP contribution in [0, 0.1) is 13.8 Å². The summed E-state index contributed by atoms with van der Waals surface area (Å²) < 4.78 is 6.82. The zero-order valence-corrected chi connectivity index (χ0v) is 17.0. The van der Waals surface area contributed by atoms with E-state index in [4.69, 9.17) is 10.3 Å². The van der Waals surface area contributed by atoms with Crippen molar-refractivity contribution in [1.82, 2.24) is 9.72 Å². The summed E-state index contributed by atoms with van der Waals surface area (Å²) in [4.78, 5) is 16.4. The minimum atomic E-state index is -0.627. The third-order valence-electron chi connectivity index (χ3n) is 5.83. The first-order valence-corrected chi connectivity index (χ1v) is 9.81. The van der Waals surface area contributed by atoms with Gasteiger partial charge in [-0.3, -0.25) is 0 Å². The Hall–Kier alpha value is -2.66. The highest BCUT2D eigenvalue weighted by Crippen LogP contribution is 2.47. The lowest BCUT2D eigenvalue weighted by Gasteiger charge is -2.36. The van der Waals surface area contributed by atoms with Crippen LogP contribution in [0.1, 0.15) is 52.5 Å². The first kappa shape index (κ1) is 18.7. The molecule has 0 saturated carbocycles. The lowest BCUT2D eigenvalue weighted by Crippen LogP contribution is -2.39. The molecule has 1 heterocycles. The van der Waals surface area contributed by atoms with Gasteiger partial charge in [0.05, 0.1) is 5.41 Å². The van der Waals surface area contributed by atoms with E-state index in [9.17, 15) is 4.79 Å². The van der Waals surface area contributed by atoms with Crippen LogP contribution in [0.15, 0.2) is 45.7 Å². The molecule has 0 spiro atoms. The van der Waals surface area contributed by atoms with Crippen molar-refractivity contribution in [2.75, 3.05) is 0 Å². The van der Waals surface area contributed by atoms with Crippen molar-refractivity contribution < 1.29 is 4.52 Å². The number of rotatable bonds is 3. The van der Waals surface area contributed by atoms with Crippen LogP contribution in [0.4, 0.5) is 0 Å². The van der Waals surface area contributed by atoms with Gasteiger partial charge in [-0.25, -0.2) is 4.79 Å². The van der Waals surface area contributed by atoms with Crippen molar-refractivity contribution >= 4 is 0 Å². The fraction of sp³-hybridized carbons (Fsp3) is 0.391. The largest absolute Gasteiger partial charge is 0.459 e. The number of fused-ring (bicyclic) bond motifs is 2. The maximum atomic E-state index is 12.1. The van der Waals surface area contributed by atoms with E-state index in [2.05, 4.69) is 55.2 Å². The van der Waals surface area contributed by atoms with Gasteiger partial charge in [0, 0.05) is 13.1 Å². The molecule has 1 aliphatic rings. The predicted molar refractivity (Wildman–Crippen MR) is 110 cm³/mol. The van der Waals surface area contributed by atoms with Crippen LogP contribution >= 0.6 is 0 Å². The molecular formula is C23H27N3O2. The standard InChI is InChI=1S/C23H27N3O2/c1-14-5-9-19-17(11-14)7-8-18-12-15(2)6-10-20(18)23(19,13-16(3)24)21-25-22(27)28-26(21)4/h5-6,9-12,16H,7-8,13,24H2,1-4H3/t16-/m0/s1.